The van der Waals surface area contributed by atoms with Gasteiger partial charge in [-0.05, 0) is 30.5 Å². The van der Waals surface area contributed by atoms with Crippen LogP contribution >= 0.6 is 0 Å². The van der Waals surface area contributed by atoms with Gasteiger partial charge in [0, 0.05) is 0 Å². The molecule has 0 N–H and O–H groups in total. The Morgan fingerprint density at radius 3 is 2.25 bits per heavy atom. The summed E-state index contributed by atoms with van der Waals surface area (Å²) in [5.41, 5.74) is 1.27. The summed E-state index contributed by atoms with van der Waals surface area (Å²) < 4.78 is 5.15. The average Bonchev–Trinajstić information content (AvgIpc) is 2.86. The lowest BCUT2D eigenvalue weighted by atomic mass is 9.81. The van der Waals surface area contributed by atoms with Gasteiger partial charge >= 0.3 is 5.97 Å². The molecule has 124 valence electrons. The molecule has 0 spiro atoms. The van der Waals surface area contributed by atoms with Crippen LogP contribution in [0.3, 0.4) is 0 Å². The Hall–Kier alpha value is -2.68. The molecule has 2 fully saturated rings. The van der Waals surface area contributed by atoms with Gasteiger partial charge in [-0.3, -0.25) is 19.3 Å². The van der Waals surface area contributed by atoms with Crippen LogP contribution in [0.15, 0.2) is 24.3 Å². The van der Waals surface area contributed by atoms with E-state index in [9.17, 15) is 14.4 Å². The molecule has 0 bridgehead atoms. The van der Waals surface area contributed by atoms with Crippen LogP contribution in [-0.2, 0) is 25.7 Å². The van der Waals surface area contributed by atoms with E-state index >= 15 is 0 Å². The topological polar surface area (TPSA) is 87.5 Å². The van der Waals surface area contributed by atoms with Crippen molar-refractivity contribution in [1.29, 1.82) is 5.26 Å². The highest BCUT2D eigenvalue weighted by atomic mass is 16.5. The summed E-state index contributed by atoms with van der Waals surface area (Å²) in [6, 6.07) is 8.69. The van der Waals surface area contributed by atoms with E-state index < -0.39 is 5.97 Å². The fourth-order valence-corrected chi connectivity index (χ4v) is 3.40. The Labute approximate surface area is 140 Å². The smallest absolute Gasteiger partial charge is 0.326 e. The predicted octanol–water partition coefficient (Wildman–Crippen LogP) is 1.78. The number of hydrogen-bond donors (Lipinski definition) is 0. The maximum Gasteiger partial charge on any atom is 0.326 e. The Morgan fingerprint density at radius 1 is 1.12 bits per heavy atom. The zero-order chi connectivity index (χ0) is 17.1. The highest BCUT2D eigenvalue weighted by Gasteiger charge is 2.48. The first kappa shape index (κ1) is 16.2. The molecule has 1 saturated carbocycles. The number of fused-ring (bicyclic) bond motifs is 1. The van der Waals surface area contributed by atoms with Gasteiger partial charge in [-0.2, -0.15) is 5.26 Å². The van der Waals surface area contributed by atoms with Crippen LogP contribution < -0.4 is 0 Å². The van der Waals surface area contributed by atoms with Crippen LogP contribution in [0.1, 0.15) is 36.8 Å². The first-order chi connectivity index (χ1) is 11.6. The number of benzene rings is 1. The molecule has 6 heteroatoms. The van der Waals surface area contributed by atoms with Crippen molar-refractivity contribution in [2.45, 2.75) is 32.3 Å². The van der Waals surface area contributed by atoms with Gasteiger partial charge < -0.3 is 4.74 Å². The average molecular weight is 326 g/mol. The lowest BCUT2D eigenvalue weighted by molar-refractivity contribution is -0.153. The highest BCUT2D eigenvalue weighted by Crippen LogP contribution is 2.37. The van der Waals surface area contributed by atoms with Gasteiger partial charge in [0.05, 0.1) is 23.5 Å². The first-order valence-electron chi connectivity index (χ1n) is 8.10. The molecule has 24 heavy (non-hydrogen) atoms. The third-order valence-corrected chi connectivity index (χ3v) is 4.70. The molecule has 1 aromatic carbocycles. The molecule has 1 saturated heterocycles. The Bertz CT molecular complexity index is 681. The molecule has 2 atom stereocenters. The van der Waals surface area contributed by atoms with Crippen LogP contribution in [0.25, 0.3) is 0 Å². The number of carbonyl (C=O) groups is 3. The highest BCUT2D eigenvalue weighted by molar-refractivity contribution is 6.07. The Morgan fingerprint density at radius 2 is 1.71 bits per heavy atom. The number of amides is 2. The number of imide groups is 1. The molecule has 0 unspecified atom stereocenters. The van der Waals surface area contributed by atoms with Gasteiger partial charge in [-0.15, -0.1) is 0 Å². The molecule has 1 aliphatic heterocycles. The maximum atomic E-state index is 12.3. The number of carbonyl (C=O) groups excluding carboxylic acids is 3. The van der Waals surface area contributed by atoms with Gasteiger partial charge in [-0.25, -0.2) is 0 Å². The number of ether oxygens (including phenoxy) is 1. The first-order valence-corrected chi connectivity index (χ1v) is 8.10. The Kier molecular flexibility index (Phi) is 4.61. The van der Waals surface area contributed by atoms with Crippen LogP contribution in [0.4, 0.5) is 0 Å². The van der Waals surface area contributed by atoms with Crippen molar-refractivity contribution in [2.75, 3.05) is 6.54 Å². The van der Waals surface area contributed by atoms with Gasteiger partial charge in [0.25, 0.3) is 0 Å². The summed E-state index contributed by atoms with van der Waals surface area (Å²) in [4.78, 5) is 37.6. The van der Waals surface area contributed by atoms with Crippen molar-refractivity contribution in [3.05, 3.63) is 35.4 Å². The van der Waals surface area contributed by atoms with Gasteiger partial charge in [0.2, 0.25) is 11.8 Å². The summed E-state index contributed by atoms with van der Waals surface area (Å²) in [7, 11) is 0. The van der Waals surface area contributed by atoms with Gasteiger partial charge in [0.1, 0.15) is 13.2 Å². The molecule has 6 nitrogen and oxygen atoms in total. The van der Waals surface area contributed by atoms with Crippen molar-refractivity contribution in [3.8, 4) is 6.07 Å². The molecular weight excluding hydrogens is 308 g/mol. The summed E-state index contributed by atoms with van der Waals surface area (Å²) in [5.74, 6) is -1.57. The number of likely N-dealkylation sites (tertiary alicyclic amines) is 1. The van der Waals surface area contributed by atoms with Crippen LogP contribution in [0, 0.1) is 23.2 Å². The summed E-state index contributed by atoms with van der Waals surface area (Å²) in [6.07, 6.45) is 3.37. The standard InChI is InChI=1S/C18H18N2O4/c19-9-12-5-7-13(8-6-12)11-24-16(21)10-20-17(22)14-3-1-2-4-15(14)18(20)23/h5-8,14-15H,1-4,10-11H2/t14-,15+. The third kappa shape index (κ3) is 3.16. The third-order valence-electron chi connectivity index (χ3n) is 4.70. The summed E-state index contributed by atoms with van der Waals surface area (Å²) in [6.45, 7) is -0.269. The number of esters is 1. The number of nitrogens with zero attached hydrogens (tertiary/aromatic N) is 2. The van der Waals surface area contributed by atoms with E-state index in [0.717, 1.165) is 36.1 Å². The normalized spacial score (nSPS) is 22.9. The number of rotatable bonds is 4. The molecular formula is C18H18N2O4. The quantitative estimate of drug-likeness (QED) is 0.621. The van der Waals surface area contributed by atoms with Crippen LogP contribution in [0.5, 0.6) is 0 Å². The molecule has 0 radical (unpaired) electrons. The van der Waals surface area contributed by atoms with E-state index in [0.29, 0.717) is 5.56 Å². The minimum atomic E-state index is -0.597. The predicted molar refractivity (Wildman–Crippen MR) is 83.1 cm³/mol. The van der Waals surface area contributed by atoms with Gasteiger partial charge in [-0.1, -0.05) is 25.0 Å². The second kappa shape index (κ2) is 6.83. The van der Waals surface area contributed by atoms with Crippen LogP contribution in [-0.4, -0.2) is 29.2 Å². The van der Waals surface area contributed by atoms with E-state index in [1.165, 1.54) is 0 Å². The minimum Gasteiger partial charge on any atom is -0.459 e. The van der Waals surface area contributed by atoms with E-state index in [4.69, 9.17) is 10.00 Å². The fraction of sp³-hybridized carbons (Fsp3) is 0.444. The zero-order valence-corrected chi connectivity index (χ0v) is 13.2. The molecule has 2 aliphatic rings. The second-order valence-corrected chi connectivity index (χ2v) is 6.23. The largest absolute Gasteiger partial charge is 0.459 e. The van der Waals surface area contributed by atoms with E-state index in [2.05, 4.69) is 0 Å². The fourth-order valence-electron chi connectivity index (χ4n) is 3.40. The van der Waals surface area contributed by atoms with Crippen molar-refractivity contribution in [2.24, 2.45) is 11.8 Å². The molecule has 1 heterocycles. The molecule has 3 rings (SSSR count). The van der Waals surface area contributed by atoms with E-state index in [-0.39, 0.29) is 36.8 Å². The lowest BCUT2D eigenvalue weighted by Crippen LogP contribution is -2.36. The van der Waals surface area contributed by atoms with Crippen molar-refractivity contribution < 1.29 is 19.1 Å². The monoisotopic (exact) mass is 326 g/mol. The van der Waals surface area contributed by atoms with Crippen molar-refractivity contribution in [1.82, 2.24) is 4.90 Å². The second-order valence-electron chi connectivity index (χ2n) is 6.23. The molecule has 2 amide bonds. The molecule has 0 aromatic heterocycles. The van der Waals surface area contributed by atoms with E-state index in [1.807, 2.05) is 6.07 Å². The molecule has 1 aliphatic carbocycles. The van der Waals surface area contributed by atoms with Gasteiger partial charge in [0.15, 0.2) is 0 Å². The molecule has 1 aromatic rings. The zero-order valence-electron chi connectivity index (χ0n) is 13.2. The van der Waals surface area contributed by atoms with Crippen molar-refractivity contribution >= 4 is 17.8 Å². The SMILES string of the molecule is N#Cc1ccc(COC(=O)CN2C(=O)[C@H]3CCCC[C@H]3C2=O)cc1. The lowest BCUT2D eigenvalue weighted by Gasteiger charge is -2.19. The summed E-state index contributed by atoms with van der Waals surface area (Å²) in [5, 5.41) is 8.74. The van der Waals surface area contributed by atoms with Crippen molar-refractivity contribution in [3.63, 3.8) is 0 Å². The maximum absolute atomic E-state index is 12.3. The summed E-state index contributed by atoms with van der Waals surface area (Å²) >= 11 is 0. The Balaban J connectivity index is 1.55. The number of hydrogen-bond acceptors (Lipinski definition) is 5. The van der Waals surface area contributed by atoms with E-state index in [1.54, 1.807) is 24.3 Å². The number of nitriles is 1. The minimum absolute atomic E-state index is 0.0492. The van der Waals surface area contributed by atoms with Crippen LogP contribution in [0.2, 0.25) is 0 Å².